The second-order valence-electron chi connectivity index (χ2n) is 7.46. The number of methoxy groups -OCH3 is 1. The molecule has 2 aromatic carbocycles. The number of nitrogens with one attached hydrogen (secondary N) is 1. The molecule has 0 bridgehead atoms. The van der Waals surface area contributed by atoms with E-state index < -0.39 is 5.63 Å². The van der Waals surface area contributed by atoms with Gasteiger partial charge in [0, 0.05) is 47.8 Å². The fourth-order valence-corrected chi connectivity index (χ4v) is 3.68. The first-order valence-corrected chi connectivity index (χ1v) is 10.7. The summed E-state index contributed by atoms with van der Waals surface area (Å²) in [6.07, 6.45) is 0.363. The van der Waals surface area contributed by atoms with Gasteiger partial charge in [0.1, 0.15) is 11.3 Å². The molecule has 0 unspecified atom stereocenters. The third-order valence-electron chi connectivity index (χ3n) is 5.54. The number of amides is 2. The Labute approximate surface area is 187 Å². The molecule has 0 aliphatic heterocycles. The van der Waals surface area contributed by atoms with Crippen LogP contribution in [-0.2, 0) is 11.2 Å². The second-order valence-corrected chi connectivity index (χ2v) is 7.46. The van der Waals surface area contributed by atoms with Crippen LogP contribution in [0.15, 0.2) is 51.7 Å². The summed E-state index contributed by atoms with van der Waals surface area (Å²) in [7, 11) is 1.55. The molecule has 0 aliphatic carbocycles. The van der Waals surface area contributed by atoms with Gasteiger partial charge < -0.3 is 19.4 Å². The van der Waals surface area contributed by atoms with Gasteiger partial charge in [-0.2, -0.15) is 0 Å². The van der Waals surface area contributed by atoms with Crippen LogP contribution in [0.25, 0.3) is 11.0 Å². The summed E-state index contributed by atoms with van der Waals surface area (Å²) in [5.74, 6) is 0.284. The number of aryl methyl sites for hydroxylation is 1. The number of benzene rings is 2. The van der Waals surface area contributed by atoms with Gasteiger partial charge in [0.25, 0.3) is 5.91 Å². The van der Waals surface area contributed by atoms with Crippen LogP contribution in [0.5, 0.6) is 5.75 Å². The van der Waals surface area contributed by atoms with Crippen molar-refractivity contribution in [3.63, 3.8) is 0 Å². The van der Waals surface area contributed by atoms with E-state index in [-0.39, 0.29) is 24.7 Å². The molecule has 0 saturated carbocycles. The minimum absolute atomic E-state index is 0.0767. The number of ether oxygens (including phenoxy) is 1. The Morgan fingerprint density at radius 1 is 1.09 bits per heavy atom. The van der Waals surface area contributed by atoms with Crippen molar-refractivity contribution in [2.45, 2.75) is 33.6 Å². The Kier molecular flexibility index (Phi) is 7.30. The molecule has 1 heterocycles. The molecular weight excluding hydrogens is 408 g/mol. The highest BCUT2D eigenvalue weighted by Gasteiger charge is 2.15. The minimum atomic E-state index is -0.456. The average Bonchev–Trinajstić information content (AvgIpc) is 2.79. The normalized spacial score (nSPS) is 10.8. The van der Waals surface area contributed by atoms with Crippen LogP contribution in [0.2, 0.25) is 0 Å². The van der Waals surface area contributed by atoms with Crippen molar-refractivity contribution < 1.29 is 18.7 Å². The molecule has 0 spiro atoms. The number of carbonyl (C=O) groups is 2. The van der Waals surface area contributed by atoms with Gasteiger partial charge in [-0.25, -0.2) is 4.79 Å². The first-order chi connectivity index (χ1) is 15.4. The Morgan fingerprint density at radius 2 is 1.84 bits per heavy atom. The van der Waals surface area contributed by atoms with Crippen LogP contribution in [0.4, 0.5) is 5.69 Å². The second kappa shape index (κ2) is 10.1. The van der Waals surface area contributed by atoms with Gasteiger partial charge in [-0.05, 0) is 63.1 Å². The zero-order chi connectivity index (χ0) is 23.3. The number of nitrogens with zero attached hydrogens (tertiary/aromatic N) is 1. The number of rotatable bonds is 8. The maximum Gasteiger partial charge on any atom is 0.339 e. The molecule has 168 valence electrons. The Balaban J connectivity index is 1.72. The first-order valence-electron chi connectivity index (χ1n) is 10.7. The largest absolute Gasteiger partial charge is 0.497 e. The Bertz CT molecular complexity index is 1190. The summed E-state index contributed by atoms with van der Waals surface area (Å²) in [6.45, 7) is 6.93. The van der Waals surface area contributed by atoms with Crippen molar-refractivity contribution in [1.82, 2.24) is 4.90 Å². The molecule has 0 fully saturated rings. The van der Waals surface area contributed by atoms with Gasteiger partial charge in [-0.3, -0.25) is 9.59 Å². The predicted molar refractivity (Wildman–Crippen MR) is 124 cm³/mol. The number of fused-ring (bicyclic) bond motifs is 1. The molecule has 7 nitrogen and oxygen atoms in total. The molecule has 1 aromatic heterocycles. The van der Waals surface area contributed by atoms with Crippen molar-refractivity contribution in [2.24, 2.45) is 0 Å². The lowest BCUT2D eigenvalue weighted by Gasteiger charge is -2.19. The highest BCUT2D eigenvalue weighted by Crippen LogP contribution is 2.24. The topological polar surface area (TPSA) is 88.8 Å². The lowest BCUT2D eigenvalue weighted by atomic mass is 10.0. The highest BCUT2D eigenvalue weighted by molar-refractivity contribution is 5.97. The smallest absolute Gasteiger partial charge is 0.339 e. The van der Waals surface area contributed by atoms with Crippen molar-refractivity contribution in [3.05, 3.63) is 69.6 Å². The number of anilines is 1. The quantitative estimate of drug-likeness (QED) is 0.536. The summed E-state index contributed by atoms with van der Waals surface area (Å²) < 4.78 is 10.6. The Hall–Kier alpha value is -3.61. The van der Waals surface area contributed by atoms with E-state index in [1.54, 1.807) is 48.4 Å². The number of hydrogen-bond donors (Lipinski definition) is 1. The van der Waals surface area contributed by atoms with Crippen molar-refractivity contribution in [2.75, 3.05) is 25.5 Å². The molecule has 32 heavy (non-hydrogen) atoms. The van der Waals surface area contributed by atoms with Crippen molar-refractivity contribution >= 4 is 28.5 Å². The van der Waals surface area contributed by atoms with E-state index in [1.807, 2.05) is 26.8 Å². The van der Waals surface area contributed by atoms with Crippen LogP contribution in [0.1, 0.15) is 41.8 Å². The van der Waals surface area contributed by atoms with E-state index in [2.05, 4.69) is 5.32 Å². The number of carbonyl (C=O) groups excluding carboxylic acids is 2. The molecular formula is C25H28N2O5. The lowest BCUT2D eigenvalue weighted by molar-refractivity contribution is -0.116. The minimum Gasteiger partial charge on any atom is -0.497 e. The molecule has 0 radical (unpaired) electrons. The van der Waals surface area contributed by atoms with Crippen LogP contribution in [-0.4, -0.2) is 36.9 Å². The summed E-state index contributed by atoms with van der Waals surface area (Å²) in [6, 6.07) is 12.2. The fourth-order valence-electron chi connectivity index (χ4n) is 3.68. The summed E-state index contributed by atoms with van der Waals surface area (Å²) >= 11 is 0. The molecule has 0 aliphatic rings. The van der Waals surface area contributed by atoms with Crippen LogP contribution in [0.3, 0.4) is 0 Å². The van der Waals surface area contributed by atoms with E-state index >= 15 is 0 Å². The van der Waals surface area contributed by atoms with Crippen LogP contribution >= 0.6 is 0 Å². The molecule has 2 amide bonds. The van der Waals surface area contributed by atoms with Crippen molar-refractivity contribution in [3.8, 4) is 5.75 Å². The third kappa shape index (κ3) is 4.99. The summed E-state index contributed by atoms with van der Waals surface area (Å²) in [4.78, 5) is 39.3. The lowest BCUT2D eigenvalue weighted by Crippen LogP contribution is -2.30. The molecule has 7 heteroatoms. The molecule has 0 atom stereocenters. The molecule has 0 saturated heterocycles. The first kappa shape index (κ1) is 23.1. The van der Waals surface area contributed by atoms with Gasteiger partial charge in [0.2, 0.25) is 5.91 Å². The highest BCUT2D eigenvalue weighted by atomic mass is 16.5. The van der Waals surface area contributed by atoms with E-state index in [9.17, 15) is 14.4 Å². The molecule has 3 aromatic rings. The summed E-state index contributed by atoms with van der Waals surface area (Å²) in [5.41, 5.74) is 2.33. The monoisotopic (exact) mass is 436 g/mol. The van der Waals surface area contributed by atoms with Crippen LogP contribution < -0.4 is 15.7 Å². The van der Waals surface area contributed by atoms with Crippen LogP contribution in [0, 0.1) is 6.92 Å². The van der Waals surface area contributed by atoms with Gasteiger partial charge in [-0.15, -0.1) is 0 Å². The number of hydrogen-bond acceptors (Lipinski definition) is 5. The van der Waals surface area contributed by atoms with Gasteiger partial charge >= 0.3 is 5.63 Å². The van der Waals surface area contributed by atoms with Gasteiger partial charge in [0.15, 0.2) is 0 Å². The van der Waals surface area contributed by atoms with E-state index in [0.717, 1.165) is 10.9 Å². The van der Waals surface area contributed by atoms with E-state index in [1.165, 1.54) is 0 Å². The van der Waals surface area contributed by atoms with E-state index in [0.29, 0.717) is 41.2 Å². The van der Waals surface area contributed by atoms with Crippen molar-refractivity contribution in [1.29, 1.82) is 0 Å². The maximum atomic E-state index is 12.5. The third-order valence-corrected chi connectivity index (χ3v) is 5.54. The molecule has 1 N–H and O–H groups in total. The van der Waals surface area contributed by atoms with Gasteiger partial charge in [0.05, 0.1) is 7.11 Å². The predicted octanol–water partition coefficient (Wildman–Crippen LogP) is 4.16. The van der Waals surface area contributed by atoms with E-state index in [4.69, 9.17) is 9.15 Å². The molecule has 3 rings (SSSR count). The SMILES string of the molecule is CCN(CC)C(=O)c1cccc(NC(=O)CCc2c(C)c3ccc(OC)cc3oc2=O)c1. The zero-order valence-corrected chi connectivity index (χ0v) is 18.9. The standard InChI is InChI=1S/C25H28N2O5/c1-5-27(6-2)24(29)17-8-7-9-18(14-17)26-23(28)13-12-21-16(3)20-11-10-19(31-4)15-22(20)32-25(21)30/h7-11,14-15H,5-6,12-13H2,1-4H3,(H,26,28). The summed E-state index contributed by atoms with van der Waals surface area (Å²) in [5, 5.41) is 3.62. The zero-order valence-electron chi connectivity index (χ0n) is 18.9. The Morgan fingerprint density at radius 3 is 2.53 bits per heavy atom. The fraction of sp³-hybridized carbons (Fsp3) is 0.320. The maximum absolute atomic E-state index is 12.5. The average molecular weight is 437 g/mol. The van der Waals surface area contributed by atoms with Gasteiger partial charge in [-0.1, -0.05) is 6.07 Å².